The molecule has 4 rings (SSSR count). The fourth-order valence-electron chi connectivity index (χ4n) is 3.72. The van der Waals surface area contributed by atoms with Crippen molar-refractivity contribution in [2.75, 3.05) is 21.3 Å². The molecular formula is C22H21NO6. The predicted octanol–water partition coefficient (Wildman–Crippen LogP) is 3.27. The molecule has 29 heavy (non-hydrogen) atoms. The van der Waals surface area contributed by atoms with E-state index in [1.165, 1.54) is 21.3 Å². The SMILES string of the molecule is COc1cc([C@H]2NC(=O)c3oc4c(C)c(C)ccc4c(=O)c32)cc(OC)c1OC. The Morgan fingerprint density at radius 2 is 1.62 bits per heavy atom. The summed E-state index contributed by atoms with van der Waals surface area (Å²) in [6.45, 7) is 3.80. The molecule has 150 valence electrons. The second-order valence-corrected chi connectivity index (χ2v) is 6.92. The van der Waals surface area contributed by atoms with Gasteiger partial charge >= 0.3 is 0 Å². The van der Waals surface area contributed by atoms with Gasteiger partial charge < -0.3 is 23.9 Å². The topological polar surface area (TPSA) is 87.0 Å². The average molecular weight is 395 g/mol. The minimum absolute atomic E-state index is 0.0370. The molecule has 0 radical (unpaired) electrons. The van der Waals surface area contributed by atoms with E-state index in [-0.39, 0.29) is 16.8 Å². The molecular weight excluding hydrogens is 374 g/mol. The third kappa shape index (κ3) is 2.73. The maximum Gasteiger partial charge on any atom is 0.288 e. The maximum atomic E-state index is 13.3. The Morgan fingerprint density at radius 1 is 0.966 bits per heavy atom. The van der Waals surface area contributed by atoms with Gasteiger partial charge in [0.1, 0.15) is 5.58 Å². The smallest absolute Gasteiger partial charge is 0.288 e. The first-order chi connectivity index (χ1) is 13.9. The first kappa shape index (κ1) is 18.9. The molecule has 0 aliphatic carbocycles. The van der Waals surface area contributed by atoms with Crippen molar-refractivity contribution in [1.29, 1.82) is 0 Å². The quantitative estimate of drug-likeness (QED) is 0.730. The Labute approximate surface area is 167 Å². The van der Waals surface area contributed by atoms with Gasteiger partial charge in [0, 0.05) is 0 Å². The summed E-state index contributed by atoms with van der Waals surface area (Å²) in [5, 5.41) is 3.29. The van der Waals surface area contributed by atoms with E-state index in [1.807, 2.05) is 19.9 Å². The molecule has 0 bridgehead atoms. The van der Waals surface area contributed by atoms with Gasteiger partial charge in [0.25, 0.3) is 5.91 Å². The highest BCUT2D eigenvalue weighted by atomic mass is 16.5. The van der Waals surface area contributed by atoms with Crippen LogP contribution in [0.25, 0.3) is 11.0 Å². The van der Waals surface area contributed by atoms with Crippen LogP contribution in [0.4, 0.5) is 0 Å². The lowest BCUT2D eigenvalue weighted by atomic mass is 9.97. The zero-order chi connectivity index (χ0) is 20.9. The number of carbonyl (C=O) groups is 1. The van der Waals surface area contributed by atoms with E-state index in [4.69, 9.17) is 18.6 Å². The molecule has 3 aromatic rings. The van der Waals surface area contributed by atoms with Crippen LogP contribution in [0.5, 0.6) is 17.2 Å². The third-order valence-electron chi connectivity index (χ3n) is 5.41. The number of amides is 1. The van der Waals surface area contributed by atoms with Gasteiger partial charge in [0.05, 0.1) is 38.3 Å². The molecule has 2 aromatic carbocycles. The Balaban J connectivity index is 1.98. The molecule has 1 atom stereocenters. The highest BCUT2D eigenvalue weighted by molar-refractivity contribution is 5.99. The summed E-state index contributed by atoms with van der Waals surface area (Å²) in [7, 11) is 4.53. The molecule has 1 N–H and O–H groups in total. The Bertz CT molecular complexity index is 1190. The van der Waals surface area contributed by atoms with Gasteiger partial charge in [0.2, 0.25) is 11.5 Å². The number of hydrogen-bond donors (Lipinski definition) is 1. The molecule has 2 heterocycles. The van der Waals surface area contributed by atoms with Crippen LogP contribution in [-0.2, 0) is 0 Å². The van der Waals surface area contributed by atoms with Crippen molar-refractivity contribution >= 4 is 16.9 Å². The fraction of sp³-hybridized carbons (Fsp3) is 0.273. The Kier molecular flexibility index (Phi) is 4.45. The summed E-state index contributed by atoms with van der Waals surface area (Å²) in [6.07, 6.45) is 0. The van der Waals surface area contributed by atoms with Gasteiger partial charge in [-0.15, -0.1) is 0 Å². The van der Waals surface area contributed by atoms with Crippen molar-refractivity contribution in [2.45, 2.75) is 19.9 Å². The molecule has 0 spiro atoms. The van der Waals surface area contributed by atoms with Gasteiger partial charge in [-0.2, -0.15) is 0 Å². The molecule has 1 aliphatic heterocycles. The minimum atomic E-state index is -0.687. The highest BCUT2D eigenvalue weighted by Crippen LogP contribution is 2.42. The largest absolute Gasteiger partial charge is 0.493 e. The van der Waals surface area contributed by atoms with Crippen LogP contribution < -0.4 is 25.0 Å². The van der Waals surface area contributed by atoms with Crippen molar-refractivity contribution in [3.8, 4) is 17.2 Å². The minimum Gasteiger partial charge on any atom is -0.493 e. The number of rotatable bonds is 4. The van der Waals surface area contributed by atoms with Crippen LogP contribution >= 0.6 is 0 Å². The number of nitrogens with one attached hydrogen (secondary N) is 1. The number of carbonyl (C=O) groups excluding carboxylic acids is 1. The molecule has 0 fully saturated rings. The standard InChI is InChI=1S/C22H21NO6/c1-10-6-7-13-18(24)16-17(23-22(25)21(16)29-19(13)11(10)2)12-8-14(26-3)20(28-5)15(9-12)27-4/h6-9,17H,1-5H3,(H,23,25)/t17-/m1/s1. The van der Waals surface area contributed by atoms with Crippen molar-refractivity contribution in [2.24, 2.45) is 0 Å². The Hall–Kier alpha value is -3.48. The molecule has 1 aromatic heterocycles. The van der Waals surface area contributed by atoms with E-state index in [2.05, 4.69) is 5.32 Å². The Morgan fingerprint density at radius 3 is 2.21 bits per heavy atom. The van der Waals surface area contributed by atoms with E-state index < -0.39 is 11.9 Å². The molecule has 0 saturated carbocycles. The van der Waals surface area contributed by atoms with Gasteiger partial charge in [-0.3, -0.25) is 9.59 Å². The van der Waals surface area contributed by atoms with E-state index in [0.717, 1.165) is 11.1 Å². The molecule has 1 amide bonds. The molecule has 0 saturated heterocycles. The monoisotopic (exact) mass is 395 g/mol. The average Bonchev–Trinajstić information content (AvgIpc) is 3.06. The van der Waals surface area contributed by atoms with Crippen LogP contribution in [0, 0.1) is 13.8 Å². The number of aryl methyl sites for hydroxylation is 2. The van der Waals surface area contributed by atoms with Gasteiger partial charge in [-0.1, -0.05) is 6.07 Å². The lowest BCUT2D eigenvalue weighted by Gasteiger charge is -2.17. The first-order valence-electron chi connectivity index (χ1n) is 9.09. The van der Waals surface area contributed by atoms with Crippen LogP contribution in [0.1, 0.15) is 38.9 Å². The van der Waals surface area contributed by atoms with E-state index >= 15 is 0 Å². The predicted molar refractivity (Wildman–Crippen MR) is 107 cm³/mol. The molecule has 7 nitrogen and oxygen atoms in total. The van der Waals surface area contributed by atoms with E-state index in [9.17, 15) is 9.59 Å². The number of methoxy groups -OCH3 is 3. The summed E-state index contributed by atoms with van der Waals surface area (Å²) < 4.78 is 22.1. The maximum absolute atomic E-state index is 13.3. The number of fused-ring (bicyclic) bond motifs is 2. The zero-order valence-electron chi connectivity index (χ0n) is 16.8. The summed E-state index contributed by atoms with van der Waals surface area (Å²) in [4.78, 5) is 25.9. The van der Waals surface area contributed by atoms with Crippen LogP contribution in [0.3, 0.4) is 0 Å². The molecule has 7 heteroatoms. The molecule has 1 aliphatic rings. The van der Waals surface area contributed by atoms with E-state index in [1.54, 1.807) is 18.2 Å². The summed E-state index contributed by atoms with van der Waals surface area (Å²) >= 11 is 0. The van der Waals surface area contributed by atoms with Crippen LogP contribution in [0.2, 0.25) is 0 Å². The van der Waals surface area contributed by atoms with Crippen LogP contribution in [-0.4, -0.2) is 27.2 Å². The third-order valence-corrected chi connectivity index (χ3v) is 5.41. The van der Waals surface area contributed by atoms with Crippen LogP contribution in [0.15, 0.2) is 33.5 Å². The highest BCUT2D eigenvalue weighted by Gasteiger charge is 2.37. The van der Waals surface area contributed by atoms with Crippen molar-refractivity contribution < 1.29 is 23.4 Å². The van der Waals surface area contributed by atoms with Crippen molar-refractivity contribution in [3.63, 3.8) is 0 Å². The summed E-state index contributed by atoms with van der Waals surface area (Å²) in [6, 6.07) is 6.35. The lowest BCUT2D eigenvalue weighted by molar-refractivity contribution is 0.0937. The van der Waals surface area contributed by atoms with Gasteiger partial charge in [-0.05, 0) is 48.7 Å². The lowest BCUT2D eigenvalue weighted by Crippen LogP contribution is -2.22. The zero-order valence-corrected chi connectivity index (χ0v) is 16.8. The fourth-order valence-corrected chi connectivity index (χ4v) is 3.72. The number of ether oxygens (including phenoxy) is 3. The summed E-state index contributed by atoms with van der Waals surface area (Å²) in [5.74, 6) is 0.899. The van der Waals surface area contributed by atoms with Gasteiger partial charge in [0.15, 0.2) is 16.9 Å². The number of hydrogen-bond acceptors (Lipinski definition) is 6. The van der Waals surface area contributed by atoms with Gasteiger partial charge in [-0.25, -0.2) is 0 Å². The van der Waals surface area contributed by atoms with Crippen molar-refractivity contribution in [3.05, 3.63) is 62.5 Å². The number of benzene rings is 2. The van der Waals surface area contributed by atoms with Crippen molar-refractivity contribution in [1.82, 2.24) is 5.32 Å². The normalized spacial score (nSPS) is 15.2. The second kappa shape index (κ2) is 6.84. The first-order valence-corrected chi connectivity index (χ1v) is 9.09. The summed E-state index contributed by atoms with van der Waals surface area (Å²) in [5.41, 5.74) is 2.93. The molecule has 0 unspecified atom stereocenters. The second-order valence-electron chi connectivity index (χ2n) is 6.92. The van der Waals surface area contributed by atoms with E-state index in [0.29, 0.717) is 33.8 Å².